The SMILES string of the molecule is Cc1ccc2c(C)cc(Cl)nc2c1. The van der Waals surface area contributed by atoms with Crippen LogP contribution in [0.5, 0.6) is 0 Å². The molecule has 0 atom stereocenters. The minimum atomic E-state index is 0.565. The molecule has 2 heteroatoms. The predicted octanol–water partition coefficient (Wildman–Crippen LogP) is 3.51. The maximum absolute atomic E-state index is 5.87. The number of hydrogen-bond acceptors (Lipinski definition) is 1. The Hall–Kier alpha value is -1.08. The summed E-state index contributed by atoms with van der Waals surface area (Å²) in [6.45, 7) is 4.10. The Bertz CT molecular complexity index is 458. The minimum Gasteiger partial charge on any atom is -0.236 e. The van der Waals surface area contributed by atoms with Crippen LogP contribution in [0.3, 0.4) is 0 Å². The number of aryl methyl sites for hydroxylation is 2. The molecule has 1 heterocycles. The summed E-state index contributed by atoms with van der Waals surface area (Å²) < 4.78 is 0. The van der Waals surface area contributed by atoms with Crippen LogP contribution < -0.4 is 0 Å². The zero-order valence-electron chi connectivity index (χ0n) is 7.63. The Kier molecular flexibility index (Phi) is 1.97. The van der Waals surface area contributed by atoms with Crippen LogP contribution in [0.2, 0.25) is 5.15 Å². The molecule has 1 aromatic heterocycles. The number of nitrogens with zero attached hydrogens (tertiary/aromatic N) is 1. The van der Waals surface area contributed by atoms with E-state index in [-0.39, 0.29) is 0 Å². The number of benzene rings is 1. The first-order valence-electron chi connectivity index (χ1n) is 4.20. The lowest BCUT2D eigenvalue weighted by molar-refractivity contribution is 1.35. The molecule has 2 rings (SSSR count). The van der Waals surface area contributed by atoms with Gasteiger partial charge in [0, 0.05) is 5.39 Å². The zero-order valence-corrected chi connectivity index (χ0v) is 8.39. The largest absolute Gasteiger partial charge is 0.236 e. The van der Waals surface area contributed by atoms with Crippen LogP contribution in [0.25, 0.3) is 10.9 Å². The average molecular weight is 192 g/mol. The highest BCUT2D eigenvalue weighted by atomic mass is 35.5. The van der Waals surface area contributed by atoms with Gasteiger partial charge in [0.25, 0.3) is 0 Å². The van der Waals surface area contributed by atoms with Gasteiger partial charge in [-0.25, -0.2) is 4.98 Å². The van der Waals surface area contributed by atoms with Crippen LogP contribution >= 0.6 is 11.6 Å². The first-order valence-corrected chi connectivity index (χ1v) is 4.58. The second-order valence-electron chi connectivity index (χ2n) is 3.28. The van der Waals surface area contributed by atoms with E-state index in [1.54, 1.807) is 0 Å². The summed E-state index contributed by atoms with van der Waals surface area (Å²) in [4.78, 5) is 4.26. The molecule has 0 N–H and O–H groups in total. The fourth-order valence-corrected chi connectivity index (χ4v) is 1.73. The molecule has 0 bridgehead atoms. The second kappa shape index (κ2) is 3.00. The van der Waals surface area contributed by atoms with Crippen molar-refractivity contribution >= 4 is 22.5 Å². The van der Waals surface area contributed by atoms with E-state index < -0.39 is 0 Å². The van der Waals surface area contributed by atoms with Crippen molar-refractivity contribution in [2.45, 2.75) is 13.8 Å². The van der Waals surface area contributed by atoms with Crippen molar-refractivity contribution in [1.29, 1.82) is 0 Å². The predicted molar refractivity (Wildman–Crippen MR) is 56.2 cm³/mol. The van der Waals surface area contributed by atoms with Gasteiger partial charge < -0.3 is 0 Å². The average Bonchev–Trinajstić information content (AvgIpc) is 2.02. The Labute approximate surface area is 82.4 Å². The van der Waals surface area contributed by atoms with E-state index in [1.165, 1.54) is 16.5 Å². The maximum atomic E-state index is 5.87. The summed E-state index contributed by atoms with van der Waals surface area (Å²) in [6.07, 6.45) is 0. The van der Waals surface area contributed by atoms with Crippen molar-refractivity contribution in [1.82, 2.24) is 4.98 Å². The minimum absolute atomic E-state index is 0.565. The molecule has 0 saturated carbocycles. The Balaban J connectivity index is 2.86. The van der Waals surface area contributed by atoms with Crippen molar-refractivity contribution in [3.05, 3.63) is 40.5 Å². The molecule has 2 aromatic rings. The number of aromatic nitrogens is 1. The van der Waals surface area contributed by atoms with E-state index in [0.717, 1.165) is 5.52 Å². The van der Waals surface area contributed by atoms with Crippen molar-refractivity contribution in [3.8, 4) is 0 Å². The quantitative estimate of drug-likeness (QED) is 0.581. The first kappa shape index (κ1) is 8.52. The van der Waals surface area contributed by atoms with Crippen molar-refractivity contribution in [3.63, 3.8) is 0 Å². The fourth-order valence-electron chi connectivity index (χ4n) is 1.47. The van der Waals surface area contributed by atoms with E-state index in [9.17, 15) is 0 Å². The van der Waals surface area contributed by atoms with Gasteiger partial charge in [0.1, 0.15) is 5.15 Å². The van der Waals surface area contributed by atoms with Gasteiger partial charge in [-0.2, -0.15) is 0 Å². The van der Waals surface area contributed by atoms with Gasteiger partial charge in [0.15, 0.2) is 0 Å². The van der Waals surface area contributed by atoms with Crippen LogP contribution in [0.1, 0.15) is 11.1 Å². The molecular formula is C11H10ClN. The molecule has 1 nitrogen and oxygen atoms in total. The molecule has 0 unspecified atom stereocenters. The molecule has 0 aliphatic carbocycles. The number of hydrogen-bond donors (Lipinski definition) is 0. The molecular weight excluding hydrogens is 182 g/mol. The molecule has 1 aromatic carbocycles. The molecule has 0 saturated heterocycles. The maximum Gasteiger partial charge on any atom is 0.130 e. The summed E-state index contributed by atoms with van der Waals surface area (Å²) in [7, 11) is 0. The van der Waals surface area contributed by atoms with Gasteiger partial charge in [-0.3, -0.25) is 0 Å². The Morgan fingerprint density at radius 2 is 1.92 bits per heavy atom. The highest BCUT2D eigenvalue weighted by molar-refractivity contribution is 6.29. The normalized spacial score (nSPS) is 10.7. The summed E-state index contributed by atoms with van der Waals surface area (Å²) in [5.41, 5.74) is 3.36. The fraction of sp³-hybridized carbons (Fsp3) is 0.182. The van der Waals surface area contributed by atoms with Gasteiger partial charge in [-0.1, -0.05) is 23.7 Å². The van der Waals surface area contributed by atoms with Crippen LogP contribution in [-0.2, 0) is 0 Å². The number of rotatable bonds is 0. The van der Waals surface area contributed by atoms with E-state index in [4.69, 9.17) is 11.6 Å². The summed E-state index contributed by atoms with van der Waals surface area (Å²) >= 11 is 5.87. The molecule has 66 valence electrons. The summed E-state index contributed by atoms with van der Waals surface area (Å²) in [5, 5.41) is 1.74. The third-order valence-corrected chi connectivity index (χ3v) is 2.33. The molecule has 13 heavy (non-hydrogen) atoms. The number of fused-ring (bicyclic) bond motifs is 1. The standard InChI is InChI=1S/C11H10ClN/c1-7-3-4-9-8(2)6-11(12)13-10(9)5-7/h3-6H,1-2H3. The highest BCUT2D eigenvalue weighted by Crippen LogP contribution is 2.20. The molecule has 0 fully saturated rings. The van der Waals surface area contributed by atoms with E-state index in [0.29, 0.717) is 5.15 Å². The third-order valence-electron chi connectivity index (χ3n) is 2.14. The van der Waals surface area contributed by atoms with Crippen LogP contribution in [0.4, 0.5) is 0 Å². The van der Waals surface area contributed by atoms with Crippen molar-refractivity contribution in [2.75, 3.05) is 0 Å². The second-order valence-corrected chi connectivity index (χ2v) is 3.67. The van der Waals surface area contributed by atoms with Crippen LogP contribution in [-0.4, -0.2) is 4.98 Å². The van der Waals surface area contributed by atoms with Crippen molar-refractivity contribution < 1.29 is 0 Å². The van der Waals surface area contributed by atoms with E-state index in [1.807, 2.05) is 19.1 Å². The molecule has 0 radical (unpaired) electrons. The number of halogens is 1. The first-order chi connectivity index (χ1) is 6.16. The highest BCUT2D eigenvalue weighted by Gasteiger charge is 2.00. The smallest absolute Gasteiger partial charge is 0.130 e. The third kappa shape index (κ3) is 1.52. The summed E-state index contributed by atoms with van der Waals surface area (Å²) in [6, 6.07) is 8.11. The van der Waals surface area contributed by atoms with Crippen LogP contribution in [0.15, 0.2) is 24.3 Å². The molecule has 0 amide bonds. The lowest BCUT2D eigenvalue weighted by atomic mass is 10.1. The topological polar surface area (TPSA) is 12.9 Å². The Morgan fingerprint density at radius 1 is 1.15 bits per heavy atom. The lowest BCUT2D eigenvalue weighted by Crippen LogP contribution is -1.84. The lowest BCUT2D eigenvalue weighted by Gasteiger charge is -2.02. The van der Waals surface area contributed by atoms with E-state index in [2.05, 4.69) is 24.0 Å². The molecule has 0 spiro atoms. The summed E-state index contributed by atoms with van der Waals surface area (Å²) in [5.74, 6) is 0. The molecule has 0 aliphatic rings. The Morgan fingerprint density at radius 3 is 2.69 bits per heavy atom. The van der Waals surface area contributed by atoms with Gasteiger partial charge >= 0.3 is 0 Å². The van der Waals surface area contributed by atoms with Gasteiger partial charge in [0.2, 0.25) is 0 Å². The molecule has 0 aliphatic heterocycles. The van der Waals surface area contributed by atoms with Crippen LogP contribution in [0, 0.1) is 13.8 Å². The number of pyridine rings is 1. The zero-order chi connectivity index (χ0) is 9.42. The van der Waals surface area contributed by atoms with E-state index >= 15 is 0 Å². The van der Waals surface area contributed by atoms with Gasteiger partial charge in [-0.15, -0.1) is 0 Å². The van der Waals surface area contributed by atoms with Gasteiger partial charge in [-0.05, 0) is 37.1 Å². The monoisotopic (exact) mass is 191 g/mol. The van der Waals surface area contributed by atoms with Crippen molar-refractivity contribution in [2.24, 2.45) is 0 Å². The van der Waals surface area contributed by atoms with Gasteiger partial charge in [0.05, 0.1) is 5.52 Å².